The molecule has 0 unspecified atom stereocenters. The molecule has 0 aliphatic heterocycles. The maximum absolute atomic E-state index is 10.6. The van der Waals surface area contributed by atoms with Crippen LogP contribution in [0.15, 0.2) is 10.7 Å². The molecule has 0 spiro atoms. The summed E-state index contributed by atoms with van der Waals surface area (Å²) in [5.74, 6) is -0.502. The van der Waals surface area contributed by atoms with E-state index in [0.717, 1.165) is 4.60 Å². The lowest BCUT2D eigenvalue weighted by Gasteiger charge is -1.93. The molecule has 2 N–H and O–H groups in total. The molecule has 0 fully saturated rings. The summed E-state index contributed by atoms with van der Waals surface area (Å²) < 4.78 is 2.42. The van der Waals surface area contributed by atoms with E-state index in [2.05, 4.69) is 21.0 Å². The second-order valence-electron chi connectivity index (χ2n) is 2.03. The number of primary amides is 1. The van der Waals surface area contributed by atoms with Gasteiger partial charge in [0, 0.05) is 12.6 Å². The summed E-state index contributed by atoms with van der Waals surface area (Å²) in [6.45, 7) is 2.65. The minimum Gasteiger partial charge on any atom is -0.364 e. The Hall–Kier alpha value is -0.840. The number of halogens is 1. The van der Waals surface area contributed by atoms with Crippen molar-refractivity contribution in [1.29, 1.82) is 0 Å². The highest BCUT2D eigenvalue weighted by molar-refractivity contribution is 9.10. The minimum atomic E-state index is -0.502. The van der Waals surface area contributed by atoms with Crippen molar-refractivity contribution in [3.05, 3.63) is 16.4 Å². The molecule has 0 bridgehead atoms. The van der Waals surface area contributed by atoms with E-state index in [1.807, 2.05) is 6.92 Å². The maximum atomic E-state index is 10.6. The lowest BCUT2D eigenvalue weighted by molar-refractivity contribution is 0.0995. The summed E-state index contributed by atoms with van der Waals surface area (Å²) in [7, 11) is 0. The van der Waals surface area contributed by atoms with Gasteiger partial charge in [-0.05, 0) is 22.9 Å². The van der Waals surface area contributed by atoms with Gasteiger partial charge >= 0.3 is 0 Å². The van der Waals surface area contributed by atoms with Crippen LogP contribution in [0.1, 0.15) is 17.4 Å². The van der Waals surface area contributed by atoms with Crippen LogP contribution < -0.4 is 5.73 Å². The molecule has 0 aromatic carbocycles. The summed E-state index contributed by atoms with van der Waals surface area (Å²) >= 11 is 3.24. The number of amides is 1. The molecular formula is C6H8BrN3O. The number of nitrogens with two attached hydrogens (primary N) is 1. The number of hydrogen-bond donors (Lipinski definition) is 1. The number of nitrogens with zero attached hydrogens (tertiary/aromatic N) is 2. The van der Waals surface area contributed by atoms with Gasteiger partial charge < -0.3 is 5.73 Å². The Morgan fingerprint density at radius 1 is 1.91 bits per heavy atom. The zero-order valence-corrected chi connectivity index (χ0v) is 7.63. The number of carbonyl (C=O) groups is 1. The fourth-order valence-corrected chi connectivity index (χ4v) is 1.28. The van der Waals surface area contributed by atoms with Crippen molar-refractivity contribution in [2.45, 2.75) is 13.5 Å². The molecule has 1 rings (SSSR count). The van der Waals surface area contributed by atoms with Crippen molar-refractivity contribution in [1.82, 2.24) is 9.78 Å². The van der Waals surface area contributed by atoms with Crippen LogP contribution in [0.2, 0.25) is 0 Å². The highest BCUT2D eigenvalue weighted by Gasteiger charge is 2.07. The Morgan fingerprint density at radius 2 is 2.55 bits per heavy atom. The summed E-state index contributed by atoms with van der Waals surface area (Å²) in [4.78, 5) is 10.6. The normalized spacial score (nSPS) is 10.0. The number of rotatable bonds is 2. The Morgan fingerprint density at radius 3 is 2.82 bits per heavy atom. The van der Waals surface area contributed by atoms with Crippen molar-refractivity contribution in [3.63, 3.8) is 0 Å². The van der Waals surface area contributed by atoms with Gasteiger partial charge in [-0.15, -0.1) is 0 Å². The lowest BCUT2D eigenvalue weighted by atomic mass is 10.4. The molecule has 1 aromatic rings. The van der Waals surface area contributed by atoms with Crippen LogP contribution in [-0.4, -0.2) is 15.7 Å². The van der Waals surface area contributed by atoms with Crippen molar-refractivity contribution in [3.8, 4) is 0 Å². The highest BCUT2D eigenvalue weighted by Crippen LogP contribution is 2.10. The summed E-state index contributed by atoms with van der Waals surface area (Å²) in [6, 6.07) is 1.60. The van der Waals surface area contributed by atoms with Crippen LogP contribution in [0.4, 0.5) is 0 Å². The van der Waals surface area contributed by atoms with Crippen LogP contribution in [0.3, 0.4) is 0 Å². The van der Waals surface area contributed by atoms with Crippen molar-refractivity contribution in [2.75, 3.05) is 0 Å². The van der Waals surface area contributed by atoms with Gasteiger partial charge in [0.2, 0.25) is 0 Å². The second-order valence-corrected chi connectivity index (χ2v) is 2.84. The first-order chi connectivity index (χ1) is 5.15. The highest BCUT2D eigenvalue weighted by atomic mass is 79.9. The largest absolute Gasteiger partial charge is 0.364 e. The predicted octanol–water partition coefficient (Wildman–Crippen LogP) is 0.764. The zero-order chi connectivity index (χ0) is 8.43. The van der Waals surface area contributed by atoms with E-state index in [-0.39, 0.29) is 0 Å². The zero-order valence-electron chi connectivity index (χ0n) is 6.04. The molecule has 0 aliphatic rings. The summed E-state index contributed by atoms with van der Waals surface area (Å²) in [5.41, 5.74) is 5.31. The van der Waals surface area contributed by atoms with Crippen LogP contribution in [0.5, 0.6) is 0 Å². The van der Waals surface area contributed by atoms with Gasteiger partial charge in [-0.2, -0.15) is 5.10 Å². The lowest BCUT2D eigenvalue weighted by Crippen LogP contribution is -2.12. The second kappa shape index (κ2) is 3.04. The topological polar surface area (TPSA) is 60.9 Å². The molecule has 1 aromatic heterocycles. The molecule has 4 nitrogen and oxygen atoms in total. The fourth-order valence-electron chi connectivity index (χ4n) is 0.736. The van der Waals surface area contributed by atoms with E-state index >= 15 is 0 Å². The molecule has 1 amide bonds. The fraction of sp³-hybridized carbons (Fsp3) is 0.333. The van der Waals surface area contributed by atoms with Crippen LogP contribution in [-0.2, 0) is 6.54 Å². The summed E-state index contributed by atoms with van der Waals surface area (Å²) in [6.07, 6.45) is 0. The average Bonchev–Trinajstić information content (AvgIpc) is 2.31. The van der Waals surface area contributed by atoms with E-state index in [1.165, 1.54) is 0 Å². The Labute approximate surface area is 72.5 Å². The van der Waals surface area contributed by atoms with E-state index < -0.39 is 5.91 Å². The molecular weight excluding hydrogens is 210 g/mol. The van der Waals surface area contributed by atoms with E-state index in [0.29, 0.717) is 12.2 Å². The predicted molar refractivity (Wildman–Crippen MR) is 44.1 cm³/mol. The van der Waals surface area contributed by atoms with Gasteiger partial charge in [-0.3, -0.25) is 9.48 Å². The van der Waals surface area contributed by atoms with Crippen LogP contribution in [0, 0.1) is 0 Å². The minimum absolute atomic E-state index is 0.290. The molecule has 1 heterocycles. The van der Waals surface area contributed by atoms with Crippen molar-refractivity contribution in [2.24, 2.45) is 5.73 Å². The number of aromatic nitrogens is 2. The average molecular weight is 218 g/mol. The molecule has 0 aliphatic carbocycles. The maximum Gasteiger partial charge on any atom is 0.269 e. The smallest absolute Gasteiger partial charge is 0.269 e. The van der Waals surface area contributed by atoms with Gasteiger partial charge in [-0.1, -0.05) is 0 Å². The van der Waals surface area contributed by atoms with Crippen LogP contribution in [0.25, 0.3) is 0 Å². The third kappa shape index (κ3) is 1.59. The number of hydrogen-bond acceptors (Lipinski definition) is 2. The van der Waals surface area contributed by atoms with E-state index in [1.54, 1.807) is 10.7 Å². The van der Waals surface area contributed by atoms with Gasteiger partial charge in [0.05, 0.1) is 0 Å². The molecule has 0 saturated heterocycles. The van der Waals surface area contributed by atoms with Gasteiger partial charge in [0.15, 0.2) is 5.69 Å². The molecule has 11 heavy (non-hydrogen) atoms. The van der Waals surface area contributed by atoms with Crippen molar-refractivity contribution >= 4 is 21.8 Å². The molecule has 0 atom stereocenters. The van der Waals surface area contributed by atoms with E-state index in [4.69, 9.17) is 5.73 Å². The first kappa shape index (κ1) is 8.26. The first-order valence-corrected chi connectivity index (χ1v) is 3.97. The SMILES string of the molecule is CCn1nc(C(N)=O)cc1Br. The number of aryl methyl sites for hydroxylation is 1. The molecule has 60 valence electrons. The Bertz CT molecular complexity index is 281. The van der Waals surface area contributed by atoms with Gasteiger partial charge in [0.25, 0.3) is 5.91 Å². The number of carbonyl (C=O) groups excluding carboxylic acids is 1. The Kier molecular flexibility index (Phi) is 2.28. The quantitative estimate of drug-likeness (QED) is 0.796. The Balaban J connectivity index is 3.05. The van der Waals surface area contributed by atoms with Gasteiger partial charge in [-0.25, -0.2) is 0 Å². The standard InChI is InChI=1S/C6H8BrN3O/c1-2-10-5(7)3-4(9-10)6(8)11/h3H,2H2,1H3,(H2,8,11). The summed E-state index contributed by atoms with van der Waals surface area (Å²) in [5, 5.41) is 3.92. The van der Waals surface area contributed by atoms with Crippen LogP contribution >= 0.6 is 15.9 Å². The van der Waals surface area contributed by atoms with Gasteiger partial charge in [0.1, 0.15) is 4.60 Å². The van der Waals surface area contributed by atoms with E-state index in [9.17, 15) is 4.79 Å². The first-order valence-electron chi connectivity index (χ1n) is 3.18. The third-order valence-corrected chi connectivity index (χ3v) is 1.92. The third-order valence-electron chi connectivity index (χ3n) is 1.28. The van der Waals surface area contributed by atoms with Crippen molar-refractivity contribution < 1.29 is 4.79 Å². The molecule has 5 heteroatoms. The molecule has 0 radical (unpaired) electrons. The monoisotopic (exact) mass is 217 g/mol. The molecule has 0 saturated carbocycles.